The number of thiazole rings is 1. The number of nitrogens with zero attached hydrogens (tertiary/aromatic N) is 2. The zero-order chi connectivity index (χ0) is 25.7. The van der Waals surface area contributed by atoms with Crippen molar-refractivity contribution in [1.29, 1.82) is 0 Å². The average Bonchev–Trinajstić information content (AvgIpc) is 3.28. The number of hydrogen-bond acceptors (Lipinski definition) is 10. The van der Waals surface area contributed by atoms with Crippen molar-refractivity contribution in [2.75, 3.05) is 12.3 Å². The number of amides is 2. The number of nitrogens with two attached hydrogens (primary N) is 1. The average molecular weight is 515 g/mol. The van der Waals surface area contributed by atoms with Crippen LogP contribution < -0.4 is 21.0 Å². The fourth-order valence-corrected chi connectivity index (χ4v) is 4.77. The maximum absolute atomic E-state index is 13.1. The van der Waals surface area contributed by atoms with E-state index in [-0.39, 0.29) is 52.8 Å². The van der Waals surface area contributed by atoms with Crippen LogP contribution in [-0.2, 0) is 20.8 Å². The molecule has 2 aromatic rings. The first kappa shape index (κ1) is 25.4. The zero-order valence-corrected chi connectivity index (χ0v) is 20.1. The van der Waals surface area contributed by atoms with E-state index in [1.807, 2.05) is 0 Å². The highest BCUT2D eigenvalue weighted by molar-refractivity contribution is 7.13. The molecule has 2 amide bonds. The van der Waals surface area contributed by atoms with E-state index in [2.05, 4.69) is 20.8 Å². The molecule has 1 fully saturated rings. The predicted molar refractivity (Wildman–Crippen MR) is 132 cm³/mol. The number of para-hydroxylation sites is 1. The molecule has 4 rings (SSSR count). The number of carbonyl (C=O) groups is 3. The van der Waals surface area contributed by atoms with Crippen LogP contribution in [0.2, 0.25) is 0 Å². The van der Waals surface area contributed by atoms with E-state index in [0.717, 1.165) is 43.4 Å². The van der Waals surface area contributed by atoms with E-state index in [4.69, 9.17) is 15.2 Å². The lowest BCUT2D eigenvalue weighted by molar-refractivity contribution is -0.126. The van der Waals surface area contributed by atoms with Crippen LogP contribution in [0.25, 0.3) is 0 Å². The Morgan fingerprint density at radius 3 is 2.72 bits per heavy atom. The lowest BCUT2D eigenvalue weighted by atomic mass is 9.72. The third-order valence-electron chi connectivity index (χ3n) is 5.97. The summed E-state index contributed by atoms with van der Waals surface area (Å²) in [5, 5.41) is 30.9. The molecule has 1 aliphatic heterocycles. The van der Waals surface area contributed by atoms with Crippen molar-refractivity contribution in [1.82, 2.24) is 15.6 Å². The molecule has 2 aliphatic rings. The molecular weight excluding hydrogens is 489 g/mol. The van der Waals surface area contributed by atoms with Crippen LogP contribution in [0.5, 0.6) is 5.75 Å². The highest BCUT2D eigenvalue weighted by Crippen LogP contribution is 2.30. The van der Waals surface area contributed by atoms with Gasteiger partial charge in [-0.25, -0.2) is 9.78 Å². The number of carbonyl (C=O) groups excluding carboxylic acids is 2. The summed E-state index contributed by atoms with van der Waals surface area (Å²) >= 11 is 1.10. The van der Waals surface area contributed by atoms with Crippen molar-refractivity contribution in [2.45, 2.75) is 50.5 Å². The Morgan fingerprint density at radius 2 is 2.03 bits per heavy atom. The number of carboxylic acids is 1. The summed E-state index contributed by atoms with van der Waals surface area (Å²) in [4.78, 5) is 46.0. The first-order valence-corrected chi connectivity index (χ1v) is 12.4. The maximum Gasteiger partial charge on any atom is 0.547 e. The van der Waals surface area contributed by atoms with Gasteiger partial charge in [0.2, 0.25) is 0 Å². The lowest BCUT2D eigenvalue weighted by Gasteiger charge is -2.28. The Hall–Kier alpha value is -3.65. The van der Waals surface area contributed by atoms with Gasteiger partial charge in [-0.3, -0.25) is 9.59 Å². The van der Waals surface area contributed by atoms with Gasteiger partial charge >= 0.3 is 13.1 Å². The summed E-state index contributed by atoms with van der Waals surface area (Å²) in [7, 11) is -1.51. The number of rotatable bonds is 8. The molecule has 0 saturated heterocycles. The van der Waals surface area contributed by atoms with Crippen molar-refractivity contribution in [3.8, 4) is 5.75 Å². The van der Waals surface area contributed by atoms with E-state index in [1.165, 1.54) is 11.4 Å². The topological polar surface area (TPSA) is 185 Å². The summed E-state index contributed by atoms with van der Waals surface area (Å²) in [6, 6.07) is 4.68. The standard InChI is InChI=1S/C22H26BN5O7S/c24-22-26-15(11-36-22)18(28-34-10-17(29)25-13-6-2-1-3-7-13)20(30)27-16-9-12-5-4-8-14(21(31)32)19(12)35-23(16)33/h4-5,8,11,13,16,33H,1-3,6-7,9-10H2,(H2,24,26)(H,25,29)(H,27,30)(H,31,32)/b28-18-. The number of hydrogen-bond donors (Lipinski definition) is 5. The van der Waals surface area contributed by atoms with Crippen molar-refractivity contribution in [3.63, 3.8) is 0 Å². The predicted octanol–water partition coefficient (Wildman–Crippen LogP) is 0.733. The number of aromatic nitrogens is 1. The number of aromatic carboxylic acids is 1. The monoisotopic (exact) mass is 515 g/mol. The zero-order valence-electron chi connectivity index (χ0n) is 19.3. The van der Waals surface area contributed by atoms with Crippen LogP contribution in [0.3, 0.4) is 0 Å². The molecule has 1 unspecified atom stereocenters. The first-order valence-electron chi connectivity index (χ1n) is 11.5. The highest BCUT2D eigenvalue weighted by atomic mass is 32.1. The minimum absolute atomic E-state index is 0.0523. The molecule has 1 aromatic carbocycles. The summed E-state index contributed by atoms with van der Waals surface area (Å²) in [5.41, 5.74) is 6.04. The van der Waals surface area contributed by atoms with E-state index in [1.54, 1.807) is 12.1 Å². The number of nitrogen functional groups attached to an aromatic ring is 1. The number of nitrogens with one attached hydrogen (secondary N) is 2. The van der Waals surface area contributed by atoms with Crippen LogP contribution in [0.1, 0.15) is 53.7 Å². The van der Waals surface area contributed by atoms with Gasteiger partial charge in [0, 0.05) is 11.4 Å². The molecule has 0 radical (unpaired) electrons. The van der Waals surface area contributed by atoms with Crippen molar-refractivity contribution in [3.05, 3.63) is 40.4 Å². The quantitative estimate of drug-likeness (QED) is 0.192. The molecule has 1 atom stereocenters. The molecule has 2 heterocycles. The molecule has 190 valence electrons. The summed E-state index contributed by atoms with van der Waals surface area (Å²) in [5.74, 6) is -3.13. The summed E-state index contributed by atoms with van der Waals surface area (Å²) in [6.07, 6.45) is 5.25. The smallest absolute Gasteiger partial charge is 0.534 e. The lowest BCUT2D eigenvalue weighted by Crippen LogP contribution is -2.54. The van der Waals surface area contributed by atoms with Gasteiger partial charge in [-0.2, -0.15) is 0 Å². The van der Waals surface area contributed by atoms with Gasteiger partial charge < -0.3 is 36.0 Å². The van der Waals surface area contributed by atoms with Crippen LogP contribution in [0.15, 0.2) is 28.7 Å². The minimum atomic E-state index is -1.51. The molecule has 36 heavy (non-hydrogen) atoms. The largest absolute Gasteiger partial charge is 0.547 e. The van der Waals surface area contributed by atoms with Gasteiger partial charge in [0.25, 0.3) is 11.8 Å². The van der Waals surface area contributed by atoms with Crippen LogP contribution in [0, 0.1) is 0 Å². The number of carboxylic acid groups (broad SMARTS) is 1. The molecule has 14 heteroatoms. The van der Waals surface area contributed by atoms with E-state index < -0.39 is 24.9 Å². The Bertz CT molecular complexity index is 1170. The second kappa shape index (κ2) is 11.4. The van der Waals surface area contributed by atoms with Gasteiger partial charge in [0.05, 0.1) is 11.5 Å². The molecule has 6 N–H and O–H groups in total. The van der Waals surface area contributed by atoms with Crippen LogP contribution in [0.4, 0.5) is 5.13 Å². The molecular formula is C22H26BN5O7S. The van der Waals surface area contributed by atoms with Gasteiger partial charge in [0.1, 0.15) is 11.4 Å². The Morgan fingerprint density at radius 1 is 1.25 bits per heavy atom. The van der Waals surface area contributed by atoms with Gasteiger partial charge in [0.15, 0.2) is 17.5 Å². The first-order chi connectivity index (χ1) is 17.3. The maximum atomic E-state index is 13.1. The number of oxime groups is 1. The van der Waals surface area contributed by atoms with Gasteiger partial charge in [-0.15, -0.1) is 11.3 Å². The second-order valence-electron chi connectivity index (χ2n) is 8.58. The molecule has 12 nitrogen and oxygen atoms in total. The van der Waals surface area contributed by atoms with Crippen LogP contribution in [-0.4, -0.2) is 64.3 Å². The van der Waals surface area contributed by atoms with E-state index in [9.17, 15) is 24.5 Å². The Kier molecular flexibility index (Phi) is 8.05. The third kappa shape index (κ3) is 6.12. The second-order valence-corrected chi connectivity index (χ2v) is 9.47. The number of anilines is 1. The Balaban J connectivity index is 1.44. The van der Waals surface area contributed by atoms with Crippen molar-refractivity contribution in [2.24, 2.45) is 5.16 Å². The van der Waals surface area contributed by atoms with E-state index in [0.29, 0.717) is 5.56 Å². The van der Waals surface area contributed by atoms with Crippen molar-refractivity contribution >= 4 is 47.1 Å². The van der Waals surface area contributed by atoms with Gasteiger partial charge in [-0.05, 0) is 30.9 Å². The number of benzene rings is 1. The highest BCUT2D eigenvalue weighted by Gasteiger charge is 2.38. The SMILES string of the molecule is Nc1nc(/C(=N/OCC(=O)NC2CCCCC2)C(=O)NC2Cc3cccc(C(=O)O)c3OB2O)cs1. The minimum Gasteiger partial charge on any atom is -0.534 e. The van der Waals surface area contributed by atoms with Gasteiger partial charge in [-0.1, -0.05) is 36.6 Å². The fourth-order valence-electron chi connectivity index (χ4n) is 4.23. The van der Waals surface area contributed by atoms with Crippen molar-refractivity contribution < 1.29 is 34.0 Å². The molecule has 1 aromatic heterocycles. The molecule has 0 bridgehead atoms. The summed E-state index contributed by atoms with van der Waals surface area (Å²) in [6.45, 7) is -0.382. The number of fused-ring (bicyclic) bond motifs is 1. The van der Waals surface area contributed by atoms with Crippen LogP contribution >= 0.6 is 11.3 Å². The molecule has 1 saturated carbocycles. The Labute approximate surface area is 211 Å². The molecule has 0 spiro atoms. The molecule has 1 aliphatic carbocycles. The third-order valence-corrected chi connectivity index (χ3v) is 6.64. The normalized spacial score (nSPS) is 18.1. The van der Waals surface area contributed by atoms with E-state index >= 15 is 0 Å². The summed E-state index contributed by atoms with van der Waals surface area (Å²) < 4.78 is 5.41. The fraction of sp³-hybridized carbons (Fsp3) is 0.409.